The van der Waals surface area contributed by atoms with Gasteiger partial charge < -0.3 is 19.7 Å². The minimum Gasteiger partial charge on any atom is -0.497 e. The first kappa shape index (κ1) is 20.2. The summed E-state index contributed by atoms with van der Waals surface area (Å²) < 4.78 is 10.1. The molecule has 2 aromatic carbocycles. The zero-order valence-electron chi connectivity index (χ0n) is 15.8. The molecule has 1 atom stereocenters. The van der Waals surface area contributed by atoms with Crippen molar-refractivity contribution in [1.29, 1.82) is 0 Å². The molecule has 2 rings (SSSR count). The summed E-state index contributed by atoms with van der Waals surface area (Å²) in [6.07, 6.45) is 0. The molecular formula is C19H23N3O5. The summed E-state index contributed by atoms with van der Waals surface area (Å²) in [6, 6.07) is 11.7. The summed E-state index contributed by atoms with van der Waals surface area (Å²) in [5.74, 6) is 0.480. The van der Waals surface area contributed by atoms with E-state index in [1.807, 2.05) is 43.3 Å². The van der Waals surface area contributed by atoms with E-state index in [0.717, 1.165) is 11.3 Å². The number of ether oxygens (including phenoxy) is 2. The van der Waals surface area contributed by atoms with Gasteiger partial charge in [0.2, 0.25) is 0 Å². The first-order valence-corrected chi connectivity index (χ1v) is 8.28. The molecular weight excluding hydrogens is 350 g/mol. The maximum absolute atomic E-state index is 12.5. The van der Waals surface area contributed by atoms with Gasteiger partial charge in [-0.25, -0.2) is 0 Å². The smallest absolute Gasteiger partial charge is 0.311 e. The molecule has 27 heavy (non-hydrogen) atoms. The maximum atomic E-state index is 12.5. The molecule has 8 nitrogen and oxygen atoms in total. The molecule has 0 aliphatic rings. The van der Waals surface area contributed by atoms with Crippen molar-refractivity contribution in [3.8, 4) is 11.5 Å². The van der Waals surface area contributed by atoms with Crippen molar-refractivity contribution in [3.05, 3.63) is 63.7 Å². The molecule has 8 heteroatoms. The average Bonchev–Trinajstić information content (AvgIpc) is 2.67. The number of rotatable bonds is 8. The van der Waals surface area contributed by atoms with Crippen LogP contribution in [0.3, 0.4) is 0 Å². The van der Waals surface area contributed by atoms with Crippen LogP contribution in [0.1, 0.15) is 22.0 Å². The molecule has 0 bridgehead atoms. The molecule has 2 aromatic rings. The van der Waals surface area contributed by atoms with Crippen LogP contribution >= 0.6 is 0 Å². The number of nitro benzene ring substituents is 1. The summed E-state index contributed by atoms with van der Waals surface area (Å²) in [5, 5.41) is 14.0. The number of nitro groups is 1. The van der Waals surface area contributed by atoms with Crippen molar-refractivity contribution in [2.24, 2.45) is 0 Å². The van der Waals surface area contributed by atoms with Crippen LogP contribution in [0.25, 0.3) is 0 Å². The summed E-state index contributed by atoms with van der Waals surface area (Å²) in [5.41, 5.74) is 0.973. The van der Waals surface area contributed by atoms with Crippen molar-refractivity contribution < 1.29 is 19.2 Å². The second kappa shape index (κ2) is 9.00. The molecule has 0 heterocycles. The third kappa shape index (κ3) is 4.95. The van der Waals surface area contributed by atoms with Crippen molar-refractivity contribution in [2.75, 3.05) is 34.9 Å². The van der Waals surface area contributed by atoms with Gasteiger partial charge in [0.1, 0.15) is 5.75 Å². The Balaban J connectivity index is 2.13. The van der Waals surface area contributed by atoms with Crippen LogP contribution in [-0.2, 0) is 0 Å². The van der Waals surface area contributed by atoms with Gasteiger partial charge in [0.25, 0.3) is 5.91 Å². The Morgan fingerprint density at radius 2 is 1.81 bits per heavy atom. The fourth-order valence-corrected chi connectivity index (χ4v) is 2.69. The minimum atomic E-state index is -0.574. The topological polar surface area (TPSA) is 93.9 Å². The first-order valence-electron chi connectivity index (χ1n) is 8.28. The van der Waals surface area contributed by atoms with E-state index < -0.39 is 4.92 Å². The molecule has 0 radical (unpaired) electrons. The third-order valence-electron chi connectivity index (χ3n) is 4.22. The minimum absolute atomic E-state index is 0.0620. The van der Waals surface area contributed by atoms with E-state index in [0.29, 0.717) is 6.54 Å². The second-order valence-electron chi connectivity index (χ2n) is 6.11. The van der Waals surface area contributed by atoms with Gasteiger partial charge in [-0.2, -0.15) is 0 Å². The fourth-order valence-electron chi connectivity index (χ4n) is 2.69. The second-order valence-corrected chi connectivity index (χ2v) is 6.11. The van der Waals surface area contributed by atoms with Crippen molar-refractivity contribution in [2.45, 2.75) is 6.04 Å². The van der Waals surface area contributed by atoms with Crippen LogP contribution in [0.15, 0.2) is 42.5 Å². The summed E-state index contributed by atoms with van der Waals surface area (Å²) in [6.45, 7) is 0.345. The quantitative estimate of drug-likeness (QED) is 0.565. The van der Waals surface area contributed by atoms with Crippen LogP contribution in [0.2, 0.25) is 0 Å². The van der Waals surface area contributed by atoms with E-state index in [-0.39, 0.29) is 28.9 Å². The van der Waals surface area contributed by atoms with Gasteiger partial charge >= 0.3 is 5.69 Å². The lowest BCUT2D eigenvalue weighted by atomic mass is 10.1. The Morgan fingerprint density at radius 3 is 2.33 bits per heavy atom. The highest BCUT2D eigenvalue weighted by Crippen LogP contribution is 2.27. The lowest BCUT2D eigenvalue weighted by Crippen LogP contribution is -2.34. The number of hydrogen-bond donors (Lipinski definition) is 1. The van der Waals surface area contributed by atoms with Gasteiger partial charge in [-0.15, -0.1) is 0 Å². The number of benzene rings is 2. The molecule has 1 amide bonds. The molecule has 0 aliphatic heterocycles. The Morgan fingerprint density at radius 1 is 1.15 bits per heavy atom. The Kier molecular flexibility index (Phi) is 6.73. The van der Waals surface area contributed by atoms with E-state index in [1.54, 1.807) is 7.11 Å². The molecule has 0 aromatic heterocycles. The van der Waals surface area contributed by atoms with Gasteiger partial charge in [0.05, 0.1) is 25.2 Å². The van der Waals surface area contributed by atoms with Crippen molar-refractivity contribution >= 4 is 11.6 Å². The number of amides is 1. The number of carbonyl (C=O) groups excluding carboxylic acids is 1. The largest absolute Gasteiger partial charge is 0.497 e. The highest BCUT2D eigenvalue weighted by molar-refractivity contribution is 5.95. The van der Waals surface area contributed by atoms with Crippen LogP contribution in [-0.4, -0.2) is 50.6 Å². The summed E-state index contributed by atoms with van der Waals surface area (Å²) >= 11 is 0. The number of nitrogens with one attached hydrogen (secondary N) is 1. The number of likely N-dealkylation sites (N-methyl/N-ethyl adjacent to an activating group) is 1. The Hall–Kier alpha value is -3.13. The highest BCUT2D eigenvalue weighted by atomic mass is 16.6. The fraction of sp³-hybridized carbons (Fsp3) is 0.316. The van der Waals surface area contributed by atoms with E-state index in [9.17, 15) is 14.9 Å². The van der Waals surface area contributed by atoms with Crippen LogP contribution in [0, 0.1) is 10.1 Å². The van der Waals surface area contributed by atoms with Gasteiger partial charge in [-0.1, -0.05) is 12.1 Å². The van der Waals surface area contributed by atoms with Crippen LogP contribution in [0.5, 0.6) is 11.5 Å². The van der Waals surface area contributed by atoms with E-state index in [1.165, 1.54) is 25.3 Å². The zero-order chi connectivity index (χ0) is 20.0. The molecule has 1 N–H and O–H groups in total. The van der Waals surface area contributed by atoms with Crippen molar-refractivity contribution in [3.63, 3.8) is 0 Å². The van der Waals surface area contributed by atoms with Gasteiger partial charge in [-0.05, 0) is 43.9 Å². The number of nitrogens with zero attached hydrogens (tertiary/aromatic N) is 2. The van der Waals surface area contributed by atoms with Gasteiger partial charge in [0.15, 0.2) is 5.75 Å². The Labute approximate surface area is 157 Å². The Bertz CT molecular complexity index is 805. The number of hydrogen-bond acceptors (Lipinski definition) is 6. The average molecular weight is 373 g/mol. The molecule has 144 valence electrons. The first-order chi connectivity index (χ1) is 12.9. The molecule has 0 saturated heterocycles. The van der Waals surface area contributed by atoms with E-state index >= 15 is 0 Å². The highest BCUT2D eigenvalue weighted by Gasteiger charge is 2.20. The van der Waals surface area contributed by atoms with Crippen LogP contribution < -0.4 is 14.8 Å². The van der Waals surface area contributed by atoms with Crippen LogP contribution in [0.4, 0.5) is 5.69 Å². The lowest BCUT2D eigenvalue weighted by Gasteiger charge is -2.25. The predicted octanol–water partition coefficient (Wildman–Crippen LogP) is 2.64. The van der Waals surface area contributed by atoms with E-state index in [2.05, 4.69) is 5.32 Å². The summed E-state index contributed by atoms with van der Waals surface area (Å²) in [4.78, 5) is 25.0. The lowest BCUT2D eigenvalue weighted by molar-refractivity contribution is -0.385. The van der Waals surface area contributed by atoms with E-state index in [4.69, 9.17) is 9.47 Å². The van der Waals surface area contributed by atoms with Crippen molar-refractivity contribution in [1.82, 2.24) is 10.2 Å². The monoisotopic (exact) mass is 373 g/mol. The zero-order valence-corrected chi connectivity index (χ0v) is 15.8. The van der Waals surface area contributed by atoms with Gasteiger partial charge in [0, 0.05) is 18.2 Å². The number of methoxy groups -OCH3 is 2. The SMILES string of the molecule is COc1ccc(C(CNC(=O)c2ccc(OC)c([N+](=O)[O-])c2)N(C)C)cc1. The standard InChI is InChI=1S/C19H23N3O5/c1-21(2)17(13-5-8-15(26-3)9-6-13)12-20-19(23)14-7-10-18(27-4)16(11-14)22(24)25/h5-11,17H,12H2,1-4H3,(H,20,23). The third-order valence-corrected chi connectivity index (χ3v) is 4.22. The molecule has 0 aliphatic carbocycles. The molecule has 1 unspecified atom stereocenters. The molecule has 0 saturated carbocycles. The molecule has 0 fully saturated rings. The maximum Gasteiger partial charge on any atom is 0.311 e. The summed E-state index contributed by atoms with van der Waals surface area (Å²) in [7, 11) is 6.78. The molecule has 0 spiro atoms. The van der Waals surface area contributed by atoms with Gasteiger partial charge in [-0.3, -0.25) is 14.9 Å². The predicted molar refractivity (Wildman–Crippen MR) is 101 cm³/mol. The normalized spacial score (nSPS) is 11.7. The number of carbonyl (C=O) groups is 1.